The molecule has 0 bridgehead atoms. The summed E-state index contributed by atoms with van der Waals surface area (Å²) in [6.07, 6.45) is 3.36. The Morgan fingerprint density at radius 3 is 3.00 bits per heavy atom. The Morgan fingerprint density at radius 1 is 1.65 bits per heavy atom. The zero-order valence-corrected chi connectivity index (χ0v) is 10.5. The van der Waals surface area contributed by atoms with Crippen molar-refractivity contribution in [1.82, 2.24) is 15.5 Å². The third-order valence-electron chi connectivity index (χ3n) is 3.09. The van der Waals surface area contributed by atoms with Crippen LogP contribution in [0.3, 0.4) is 0 Å². The van der Waals surface area contributed by atoms with Crippen LogP contribution in [0.25, 0.3) is 0 Å². The van der Waals surface area contributed by atoms with E-state index in [0.717, 1.165) is 18.4 Å². The van der Waals surface area contributed by atoms with Crippen LogP contribution in [-0.4, -0.2) is 34.4 Å². The van der Waals surface area contributed by atoms with Gasteiger partial charge in [-0.1, -0.05) is 0 Å². The molecule has 2 heterocycles. The number of hydrogen-bond donors (Lipinski definition) is 2. The molecule has 2 N–H and O–H groups in total. The van der Waals surface area contributed by atoms with Gasteiger partial charge in [-0.05, 0) is 39.2 Å². The zero-order chi connectivity index (χ0) is 12.5. The average molecular weight is 237 g/mol. The molecular formula is C12H19N3O2. The van der Waals surface area contributed by atoms with Crippen LogP contribution in [0.5, 0.6) is 0 Å². The van der Waals surface area contributed by atoms with Crippen LogP contribution in [-0.2, 0) is 4.74 Å². The molecular weight excluding hydrogens is 218 g/mol. The van der Waals surface area contributed by atoms with Crippen molar-refractivity contribution in [2.24, 2.45) is 0 Å². The van der Waals surface area contributed by atoms with Crippen molar-refractivity contribution in [1.29, 1.82) is 0 Å². The second-order valence-corrected chi connectivity index (χ2v) is 5.20. The third-order valence-corrected chi connectivity index (χ3v) is 3.09. The Hall–Kier alpha value is -1.36. The van der Waals surface area contributed by atoms with Gasteiger partial charge in [0.25, 0.3) is 5.91 Å². The maximum atomic E-state index is 12.0. The van der Waals surface area contributed by atoms with Gasteiger partial charge >= 0.3 is 0 Å². The lowest BCUT2D eigenvalue weighted by Gasteiger charge is -2.35. The molecule has 94 valence electrons. The summed E-state index contributed by atoms with van der Waals surface area (Å²) in [6.45, 7) is 6.66. The van der Waals surface area contributed by atoms with E-state index in [-0.39, 0.29) is 17.6 Å². The van der Waals surface area contributed by atoms with E-state index in [2.05, 4.69) is 15.5 Å². The molecule has 5 heteroatoms. The molecule has 0 radical (unpaired) electrons. The number of aromatic amines is 1. The van der Waals surface area contributed by atoms with E-state index in [0.29, 0.717) is 12.3 Å². The monoisotopic (exact) mass is 237 g/mol. The van der Waals surface area contributed by atoms with E-state index >= 15 is 0 Å². The predicted molar refractivity (Wildman–Crippen MR) is 63.8 cm³/mol. The molecule has 0 spiro atoms. The van der Waals surface area contributed by atoms with Crippen LogP contribution >= 0.6 is 0 Å². The first-order valence-electron chi connectivity index (χ1n) is 5.93. The van der Waals surface area contributed by atoms with Gasteiger partial charge < -0.3 is 10.1 Å². The van der Waals surface area contributed by atoms with Crippen LogP contribution in [0, 0.1) is 6.92 Å². The summed E-state index contributed by atoms with van der Waals surface area (Å²) in [7, 11) is 0. The molecule has 1 aromatic heterocycles. The molecule has 0 saturated carbocycles. The van der Waals surface area contributed by atoms with E-state index in [1.165, 1.54) is 0 Å². The minimum atomic E-state index is -0.154. The SMILES string of the molecule is Cc1cn[nH]c1C(=O)N[C@H]1CCOC(C)(C)C1. The normalized spacial score (nSPS) is 23.4. The van der Waals surface area contributed by atoms with Gasteiger partial charge in [0.1, 0.15) is 5.69 Å². The number of nitrogens with one attached hydrogen (secondary N) is 2. The Kier molecular flexibility index (Phi) is 3.19. The lowest BCUT2D eigenvalue weighted by atomic mass is 9.94. The number of amides is 1. The van der Waals surface area contributed by atoms with E-state index in [1.54, 1.807) is 6.20 Å². The molecule has 1 fully saturated rings. The van der Waals surface area contributed by atoms with Crippen molar-refractivity contribution >= 4 is 5.91 Å². The average Bonchev–Trinajstić information content (AvgIpc) is 2.62. The van der Waals surface area contributed by atoms with Crippen molar-refractivity contribution < 1.29 is 9.53 Å². The second-order valence-electron chi connectivity index (χ2n) is 5.20. The standard InChI is InChI=1S/C12H19N3O2/c1-8-7-13-15-10(8)11(16)14-9-4-5-17-12(2,3)6-9/h7,9H,4-6H2,1-3H3,(H,13,15)(H,14,16)/t9-/m0/s1. The number of carbonyl (C=O) groups excluding carboxylic acids is 1. The topological polar surface area (TPSA) is 67.0 Å². The lowest BCUT2D eigenvalue weighted by Crippen LogP contribution is -2.46. The summed E-state index contributed by atoms with van der Waals surface area (Å²) >= 11 is 0. The van der Waals surface area contributed by atoms with Crippen LogP contribution in [0.1, 0.15) is 42.7 Å². The van der Waals surface area contributed by atoms with Crippen molar-refractivity contribution in [2.45, 2.75) is 45.3 Å². The first-order valence-corrected chi connectivity index (χ1v) is 5.93. The molecule has 0 unspecified atom stereocenters. The highest BCUT2D eigenvalue weighted by Crippen LogP contribution is 2.24. The molecule has 2 rings (SSSR count). The van der Waals surface area contributed by atoms with Crippen molar-refractivity contribution in [3.05, 3.63) is 17.5 Å². The van der Waals surface area contributed by atoms with Crippen molar-refractivity contribution in [3.8, 4) is 0 Å². The number of ether oxygens (including phenoxy) is 1. The molecule has 0 aliphatic carbocycles. The molecule has 1 atom stereocenters. The summed E-state index contributed by atoms with van der Waals surface area (Å²) in [6, 6.07) is 0.175. The smallest absolute Gasteiger partial charge is 0.269 e. The Morgan fingerprint density at radius 2 is 2.41 bits per heavy atom. The number of rotatable bonds is 2. The number of aryl methyl sites for hydroxylation is 1. The van der Waals surface area contributed by atoms with E-state index in [1.807, 2.05) is 20.8 Å². The zero-order valence-electron chi connectivity index (χ0n) is 10.5. The molecule has 1 aliphatic heterocycles. The minimum absolute atomic E-state index is 0.0808. The molecule has 1 saturated heterocycles. The minimum Gasteiger partial charge on any atom is -0.375 e. The Bertz CT molecular complexity index is 412. The van der Waals surface area contributed by atoms with Crippen molar-refractivity contribution in [2.75, 3.05) is 6.61 Å². The van der Waals surface area contributed by atoms with Crippen LogP contribution < -0.4 is 5.32 Å². The number of nitrogens with zero attached hydrogens (tertiary/aromatic N) is 1. The third kappa shape index (κ3) is 2.85. The van der Waals surface area contributed by atoms with Gasteiger partial charge in [0.15, 0.2) is 0 Å². The van der Waals surface area contributed by atoms with Crippen LogP contribution in [0.2, 0.25) is 0 Å². The maximum absolute atomic E-state index is 12.0. The van der Waals surface area contributed by atoms with Gasteiger partial charge in [-0.25, -0.2) is 0 Å². The lowest BCUT2D eigenvalue weighted by molar-refractivity contribution is -0.0615. The van der Waals surface area contributed by atoms with Gasteiger partial charge in [-0.2, -0.15) is 5.10 Å². The second kappa shape index (κ2) is 4.49. The van der Waals surface area contributed by atoms with Crippen LogP contribution in [0.4, 0.5) is 0 Å². The van der Waals surface area contributed by atoms with E-state index < -0.39 is 0 Å². The van der Waals surface area contributed by atoms with E-state index in [4.69, 9.17) is 4.74 Å². The Balaban J connectivity index is 1.98. The maximum Gasteiger partial charge on any atom is 0.269 e. The summed E-state index contributed by atoms with van der Waals surface area (Å²) in [5.41, 5.74) is 1.27. The molecule has 1 aromatic rings. The highest BCUT2D eigenvalue weighted by molar-refractivity contribution is 5.93. The van der Waals surface area contributed by atoms with Gasteiger partial charge in [0.05, 0.1) is 11.8 Å². The fraction of sp³-hybridized carbons (Fsp3) is 0.667. The Labute approximate surface area is 101 Å². The number of carbonyl (C=O) groups is 1. The predicted octanol–water partition coefficient (Wildman–Crippen LogP) is 1.41. The van der Waals surface area contributed by atoms with Crippen LogP contribution in [0.15, 0.2) is 6.20 Å². The summed E-state index contributed by atoms with van der Waals surface area (Å²) < 4.78 is 5.62. The van der Waals surface area contributed by atoms with Crippen molar-refractivity contribution in [3.63, 3.8) is 0 Å². The molecule has 1 amide bonds. The molecule has 5 nitrogen and oxygen atoms in total. The van der Waals surface area contributed by atoms with Gasteiger partial charge in [0, 0.05) is 12.6 Å². The number of H-pyrrole nitrogens is 1. The first kappa shape index (κ1) is 12.1. The van der Waals surface area contributed by atoms with Gasteiger partial charge in [-0.3, -0.25) is 9.89 Å². The summed E-state index contributed by atoms with van der Waals surface area (Å²) in [5, 5.41) is 9.60. The van der Waals surface area contributed by atoms with Gasteiger partial charge in [0.2, 0.25) is 0 Å². The summed E-state index contributed by atoms with van der Waals surface area (Å²) in [5.74, 6) is -0.0808. The highest BCUT2D eigenvalue weighted by Gasteiger charge is 2.30. The summed E-state index contributed by atoms with van der Waals surface area (Å²) in [4.78, 5) is 12.0. The molecule has 1 aliphatic rings. The number of aromatic nitrogens is 2. The highest BCUT2D eigenvalue weighted by atomic mass is 16.5. The van der Waals surface area contributed by atoms with E-state index in [9.17, 15) is 4.79 Å². The van der Waals surface area contributed by atoms with Gasteiger partial charge in [-0.15, -0.1) is 0 Å². The fourth-order valence-electron chi connectivity index (χ4n) is 2.19. The molecule has 0 aromatic carbocycles. The number of hydrogen-bond acceptors (Lipinski definition) is 3. The fourth-order valence-corrected chi connectivity index (χ4v) is 2.19. The molecule has 17 heavy (non-hydrogen) atoms. The first-order chi connectivity index (χ1) is 7.98. The largest absolute Gasteiger partial charge is 0.375 e. The quantitative estimate of drug-likeness (QED) is 0.817.